The van der Waals surface area contributed by atoms with Crippen LogP contribution in [0.5, 0.6) is 0 Å². The van der Waals surface area contributed by atoms with Gasteiger partial charge in [0.25, 0.3) is 0 Å². The van der Waals surface area contributed by atoms with E-state index in [0.717, 1.165) is 0 Å². The Morgan fingerprint density at radius 2 is 0.705 bits per heavy atom. The van der Waals surface area contributed by atoms with E-state index in [-0.39, 0.29) is 0 Å². The quantitative estimate of drug-likeness (QED) is 0.119. The number of nitrogens with two attached hydrogens (primary N) is 1. The lowest BCUT2D eigenvalue weighted by Gasteiger charge is -2.45. The molecular formula is C15H9F24NO3S. The molecule has 4 nitrogen and oxygen atoms in total. The molecule has 0 aliphatic carbocycles. The molecule has 0 bridgehead atoms. The standard InChI is InChI=1S/C12H2F24O3S.C3H7N/c13-1(14)2(15,16)3(17,18)4(19,20)5(21,22)6(23,24)7(25,26)8(27,28)9(29,30)10(31,32)11(33,34)12(35,36)40(37,38)39;1-2-3-4/h1H,(H,37,38,39);2H,1,3-4H2. The van der Waals surface area contributed by atoms with Gasteiger partial charge in [0.2, 0.25) is 0 Å². The van der Waals surface area contributed by atoms with Crippen LogP contribution in [0, 0.1) is 0 Å². The molecule has 0 amide bonds. The molecule has 0 radical (unpaired) electrons. The number of halogens is 24. The first-order valence-electron chi connectivity index (χ1n) is 9.33. The maximum atomic E-state index is 13.5. The molecule has 0 atom stereocenters. The lowest BCUT2D eigenvalue weighted by molar-refractivity contribution is -0.474. The summed E-state index contributed by atoms with van der Waals surface area (Å²) in [7, 11) is -8.20. The van der Waals surface area contributed by atoms with Crippen LogP contribution in [0.4, 0.5) is 105 Å². The maximum Gasteiger partial charge on any atom is 0.438 e. The molecule has 0 unspecified atom stereocenters. The normalized spacial score (nSPS) is 16.1. The first kappa shape index (κ1) is 44.1. The van der Waals surface area contributed by atoms with Gasteiger partial charge in [-0.15, -0.1) is 6.58 Å². The average molecular weight is 739 g/mol. The Hall–Kier alpha value is -2.07. The van der Waals surface area contributed by atoms with Crippen molar-refractivity contribution in [3.05, 3.63) is 12.7 Å². The summed E-state index contributed by atoms with van der Waals surface area (Å²) < 4.78 is 343. The van der Waals surface area contributed by atoms with Crippen molar-refractivity contribution in [2.75, 3.05) is 6.54 Å². The Morgan fingerprint density at radius 3 is 0.864 bits per heavy atom. The van der Waals surface area contributed by atoms with Crippen LogP contribution >= 0.6 is 0 Å². The van der Waals surface area contributed by atoms with Crippen LogP contribution in [0.2, 0.25) is 0 Å². The van der Waals surface area contributed by atoms with Crippen LogP contribution in [0.15, 0.2) is 12.7 Å². The first-order chi connectivity index (χ1) is 18.6. The fourth-order valence-electron chi connectivity index (χ4n) is 2.07. The van der Waals surface area contributed by atoms with Gasteiger partial charge in [0.15, 0.2) is 0 Å². The van der Waals surface area contributed by atoms with E-state index in [9.17, 15) is 114 Å². The first-order valence-corrected chi connectivity index (χ1v) is 10.8. The molecule has 0 aromatic rings. The molecule has 0 saturated carbocycles. The third-order valence-corrected chi connectivity index (χ3v) is 5.61. The van der Waals surface area contributed by atoms with E-state index < -0.39 is 81.0 Å². The second-order valence-corrected chi connectivity index (χ2v) is 9.07. The minimum Gasteiger partial charge on any atom is -0.327 e. The predicted molar refractivity (Wildman–Crippen MR) is 91.2 cm³/mol. The number of hydrogen-bond acceptors (Lipinski definition) is 3. The Balaban J connectivity index is 0. The van der Waals surface area contributed by atoms with Gasteiger partial charge in [-0.05, 0) is 0 Å². The minimum atomic E-state index is -9.65. The molecule has 3 N–H and O–H groups in total. The van der Waals surface area contributed by atoms with Crippen LogP contribution in [0.25, 0.3) is 0 Å². The Bertz CT molecular complexity index is 1130. The molecule has 0 fully saturated rings. The van der Waals surface area contributed by atoms with E-state index >= 15 is 0 Å². The lowest BCUT2D eigenvalue weighted by atomic mass is 9.85. The smallest absolute Gasteiger partial charge is 0.327 e. The molecule has 0 rings (SSSR count). The monoisotopic (exact) mass is 739 g/mol. The van der Waals surface area contributed by atoms with Crippen molar-refractivity contribution in [2.24, 2.45) is 5.73 Å². The number of rotatable bonds is 13. The highest BCUT2D eigenvalue weighted by atomic mass is 32.2. The van der Waals surface area contributed by atoms with Crippen molar-refractivity contribution in [3.63, 3.8) is 0 Å². The van der Waals surface area contributed by atoms with Gasteiger partial charge in [-0.3, -0.25) is 4.55 Å². The van der Waals surface area contributed by atoms with Crippen molar-refractivity contribution >= 4 is 10.1 Å². The molecular weight excluding hydrogens is 730 g/mol. The Kier molecular flexibility index (Phi) is 11.6. The van der Waals surface area contributed by atoms with Crippen molar-refractivity contribution in [1.29, 1.82) is 0 Å². The SMILES string of the molecule is C=CCN.O=S(=O)(O)C(F)(F)C(F)(F)C(F)(F)C(F)(F)C(F)(F)C(F)(F)C(F)(F)C(F)(F)C(F)(F)C(F)(F)C(F)(F)C(F)F. The van der Waals surface area contributed by atoms with E-state index in [1.54, 1.807) is 6.08 Å². The molecule has 0 heterocycles. The van der Waals surface area contributed by atoms with Crippen molar-refractivity contribution < 1.29 is 118 Å². The molecule has 44 heavy (non-hydrogen) atoms. The molecule has 0 aromatic carbocycles. The predicted octanol–water partition coefficient (Wildman–Crippen LogP) is 7.22. The highest BCUT2D eigenvalue weighted by Gasteiger charge is 2.99. The minimum absolute atomic E-state index is 0.583. The summed E-state index contributed by atoms with van der Waals surface area (Å²) in [5.74, 6) is -91.9. The van der Waals surface area contributed by atoms with Gasteiger partial charge in [-0.1, -0.05) is 6.08 Å². The van der Waals surface area contributed by atoms with Gasteiger partial charge >= 0.3 is 81.0 Å². The van der Waals surface area contributed by atoms with Gasteiger partial charge in [0.05, 0.1) is 0 Å². The Labute approximate surface area is 225 Å². The zero-order chi connectivity index (χ0) is 37.0. The molecule has 29 heteroatoms. The van der Waals surface area contributed by atoms with Crippen LogP contribution in [0.3, 0.4) is 0 Å². The van der Waals surface area contributed by atoms with E-state index in [1.807, 2.05) is 0 Å². The average Bonchev–Trinajstić information content (AvgIpc) is 2.81. The van der Waals surface area contributed by atoms with Crippen LogP contribution in [-0.2, 0) is 10.1 Å². The molecule has 266 valence electrons. The number of alkyl halides is 24. The fourth-order valence-corrected chi connectivity index (χ4v) is 2.52. The highest BCUT2D eigenvalue weighted by Crippen LogP contribution is 2.67. The molecule has 0 aliphatic heterocycles. The van der Waals surface area contributed by atoms with Crippen LogP contribution in [0.1, 0.15) is 0 Å². The summed E-state index contributed by atoms with van der Waals surface area (Å²) >= 11 is 0. The summed E-state index contributed by atoms with van der Waals surface area (Å²) in [6.07, 6.45) is -4.66. The zero-order valence-corrected chi connectivity index (χ0v) is 20.2. The molecule has 0 aliphatic rings. The summed E-state index contributed by atoms with van der Waals surface area (Å²) in [6, 6.07) is 0. The fraction of sp³-hybridized carbons (Fsp3) is 0.867. The third-order valence-electron chi connectivity index (χ3n) is 4.70. The van der Waals surface area contributed by atoms with Crippen molar-refractivity contribution in [2.45, 2.75) is 70.9 Å². The number of hydrogen-bond donors (Lipinski definition) is 2. The van der Waals surface area contributed by atoms with Gasteiger partial charge in [0.1, 0.15) is 0 Å². The maximum absolute atomic E-state index is 13.5. The lowest BCUT2D eigenvalue weighted by Crippen LogP contribution is -2.78. The summed E-state index contributed by atoms with van der Waals surface area (Å²) in [4.78, 5) is 0. The molecule has 0 spiro atoms. The van der Waals surface area contributed by atoms with E-state index in [4.69, 9.17) is 10.3 Å². The molecule has 0 saturated heterocycles. The second-order valence-electron chi connectivity index (χ2n) is 7.61. The van der Waals surface area contributed by atoms with E-state index in [1.165, 1.54) is 0 Å². The Morgan fingerprint density at radius 1 is 0.523 bits per heavy atom. The third kappa shape index (κ3) is 5.60. The van der Waals surface area contributed by atoms with Crippen molar-refractivity contribution in [3.8, 4) is 0 Å². The van der Waals surface area contributed by atoms with Gasteiger partial charge in [-0.25, -0.2) is 8.78 Å². The summed E-state index contributed by atoms with van der Waals surface area (Å²) in [6.45, 7) is 3.94. The zero-order valence-electron chi connectivity index (χ0n) is 19.4. The van der Waals surface area contributed by atoms with Crippen LogP contribution < -0.4 is 5.73 Å². The van der Waals surface area contributed by atoms with Gasteiger partial charge in [0, 0.05) is 6.54 Å². The summed E-state index contributed by atoms with van der Waals surface area (Å²) in [5.41, 5.74) is 4.91. The van der Waals surface area contributed by atoms with E-state index in [0.29, 0.717) is 6.54 Å². The molecule has 0 aromatic heterocycles. The topological polar surface area (TPSA) is 80.4 Å². The van der Waals surface area contributed by atoms with Gasteiger partial charge in [-0.2, -0.15) is 105 Å². The van der Waals surface area contributed by atoms with E-state index in [2.05, 4.69) is 6.58 Å². The summed E-state index contributed by atoms with van der Waals surface area (Å²) in [5, 5.41) is -8.18. The van der Waals surface area contributed by atoms with Crippen LogP contribution in [-0.4, -0.2) is 90.4 Å². The van der Waals surface area contributed by atoms with Crippen molar-refractivity contribution in [1.82, 2.24) is 0 Å². The van der Waals surface area contributed by atoms with Gasteiger partial charge < -0.3 is 5.73 Å². The largest absolute Gasteiger partial charge is 0.438 e. The highest BCUT2D eigenvalue weighted by molar-refractivity contribution is 7.87. The second kappa shape index (κ2) is 11.6.